The Morgan fingerprint density at radius 2 is 1.53 bits per heavy atom. The second-order valence-electron chi connectivity index (χ2n) is 7.37. The van der Waals surface area contributed by atoms with Gasteiger partial charge in [-0.2, -0.15) is 9.13 Å². The van der Waals surface area contributed by atoms with Crippen molar-refractivity contribution in [1.29, 1.82) is 0 Å². The zero-order valence-electron chi connectivity index (χ0n) is 17.8. The Kier molecular flexibility index (Phi) is 8.14. The van der Waals surface area contributed by atoms with Gasteiger partial charge in [-0.25, -0.2) is 4.79 Å². The van der Waals surface area contributed by atoms with E-state index in [0.29, 0.717) is 17.1 Å². The van der Waals surface area contributed by atoms with Crippen LogP contribution in [0.4, 0.5) is 0 Å². The molecule has 0 radical (unpaired) electrons. The Balaban J connectivity index is 2.27. The molecule has 0 unspecified atom stereocenters. The quantitative estimate of drug-likeness (QED) is 0.204. The van der Waals surface area contributed by atoms with Gasteiger partial charge in [-0.3, -0.25) is 0 Å². The van der Waals surface area contributed by atoms with Crippen LogP contribution in [0.15, 0.2) is 70.6 Å². The molecule has 1 aromatic heterocycles. The average Bonchev–Trinajstić information content (AvgIpc) is 2.78. The van der Waals surface area contributed by atoms with E-state index in [-0.39, 0.29) is 11.4 Å². The molecule has 0 saturated heterocycles. The summed E-state index contributed by atoms with van der Waals surface area (Å²) in [5, 5.41) is 14.2. The lowest BCUT2D eigenvalue weighted by Crippen LogP contribution is -2.46. The van der Waals surface area contributed by atoms with Crippen molar-refractivity contribution in [2.24, 2.45) is 0 Å². The Morgan fingerprint density at radius 1 is 0.900 bits per heavy atom. The first-order chi connectivity index (χ1) is 14.7. The van der Waals surface area contributed by atoms with Crippen LogP contribution >= 0.6 is 11.8 Å². The van der Waals surface area contributed by atoms with Crippen LogP contribution in [0.1, 0.15) is 51.5 Å². The Labute approximate surface area is 183 Å². The maximum Gasteiger partial charge on any atom is 0.345 e. The highest BCUT2D eigenvalue weighted by Gasteiger charge is 2.27. The van der Waals surface area contributed by atoms with Crippen LogP contribution in [-0.4, -0.2) is 10.3 Å². The zero-order chi connectivity index (χ0) is 21.3. The fraction of sp³-hybridized carbons (Fsp3) is 0.360. The molecule has 0 bridgehead atoms. The molecule has 0 amide bonds. The first-order valence-electron chi connectivity index (χ1n) is 10.8. The van der Waals surface area contributed by atoms with Crippen LogP contribution in [-0.2, 0) is 6.42 Å². The summed E-state index contributed by atoms with van der Waals surface area (Å²) in [7, 11) is 0. The van der Waals surface area contributed by atoms with E-state index < -0.39 is 0 Å². The minimum Gasteiger partial charge on any atom is -0.842 e. The van der Waals surface area contributed by atoms with Crippen molar-refractivity contribution in [3.63, 3.8) is 0 Å². The zero-order valence-corrected chi connectivity index (χ0v) is 18.7. The minimum absolute atomic E-state index is 0.190. The number of aromatic nitrogens is 2. The van der Waals surface area contributed by atoms with Crippen molar-refractivity contribution >= 4 is 11.8 Å². The van der Waals surface area contributed by atoms with E-state index >= 15 is 0 Å². The van der Waals surface area contributed by atoms with E-state index in [4.69, 9.17) is 0 Å². The lowest BCUT2D eigenvalue weighted by Gasteiger charge is -2.20. The molecular weight excluding hydrogens is 392 g/mol. The standard InChI is InChI=1S/C25H30N2O2S/c1-3-5-13-19-30-25-26(20-14-9-7-10-15-20)23(28)22(18-6-4-2)24(29)27(25)21-16-11-8-12-17-21/h7-12,14-17H,3-6,13,18-19H2,1-2H3. The van der Waals surface area contributed by atoms with Crippen LogP contribution in [0.3, 0.4) is 0 Å². The first-order valence-corrected chi connectivity index (χ1v) is 11.8. The van der Waals surface area contributed by atoms with E-state index in [2.05, 4.69) is 13.8 Å². The van der Waals surface area contributed by atoms with Gasteiger partial charge in [0, 0.05) is 5.75 Å². The number of thioether (sulfide) groups is 1. The molecular formula is C25H30N2O2S. The molecule has 5 heteroatoms. The minimum atomic E-state index is -0.190. The van der Waals surface area contributed by atoms with Crippen molar-refractivity contribution < 1.29 is 9.67 Å². The molecule has 0 aliphatic carbocycles. The molecule has 0 aliphatic rings. The molecule has 3 rings (SSSR count). The Morgan fingerprint density at radius 3 is 2.17 bits per heavy atom. The van der Waals surface area contributed by atoms with Gasteiger partial charge < -0.3 is 5.11 Å². The number of benzene rings is 2. The topological polar surface area (TPSA) is 48.9 Å². The normalized spacial score (nSPS) is 11.0. The van der Waals surface area contributed by atoms with E-state index in [0.717, 1.165) is 49.2 Å². The average molecular weight is 423 g/mol. The third kappa shape index (κ3) is 4.96. The highest BCUT2D eigenvalue weighted by atomic mass is 32.2. The summed E-state index contributed by atoms with van der Waals surface area (Å²) in [6, 6.07) is 19.3. The molecule has 3 aromatic rings. The summed E-state index contributed by atoms with van der Waals surface area (Å²) in [5.74, 6) is 0.672. The monoisotopic (exact) mass is 422 g/mol. The fourth-order valence-electron chi connectivity index (χ4n) is 3.46. The van der Waals surface area contributed by atoms with Crippen molar-refractivity contribution in [1.82, 2.24) is 4.57 Å². The second-order valence-corrected chi connectivity index (χ2v) is 8.43. The molecule has 1 heterocycles. The van der Waals surface area contributed by atoms with Gasteiger partial charge in [-0.15, -0.1) is 0 Å². The maximum absolute atomic E-state index is 13.5. The SMILES string of the molecule is CCCCCSc1n(-c2ccccc2)c(=O)c(CCCC)c([O-])[n+]1-c1ccccc1. The first kappa shape index (κ1) is 22.2. The molecule has 0 spiro atoms. The second kappa shape index (κ2) is 11.0. The van der Waals surface area contributed by atoms with Crippen LogP contribution in [0.5, 0.6) is 5.88 Å². The predicted molar refractivity (Wildman–Crippen MR) is 122 cm³/mol. The molecule has 30 heavy (non-hydrogen) atoms. The van der Waals surface area contributed by atoms with Gasteiger partial charge in [0.2, 0.25) is 0 Å². The Bertz CT molecular complexity index is 1000. The van der Waals surface area contributed by atoms with Gasteiger partial charge in [0.05, 0.1) is 11.4 Å². The van der Waals surface area contributed by atoms with E-state index in [9.17, 15) is 9.90 Å². The highest BCUT2D eigenvalue weighted by molar-refractivity contribution is 7.99. The fourth-order valence-corrected chi connectivity index (χ4v) is 4.62. The summed E-state index contributed by atoms with van der Waals surface area (Å²) in [6.07, 6.45) is 5.56. The summed E-state index contributed by atoms with van der Waals surface area (Å²) >= 11 is 1.59. The number of para-hydroxylation sites is 2. The number of nitrogens with zero attached hydrogens (tertiary/aromatic N) is 2. The molecule has 0 aliphatic heterocycles. The summed E-state index contributed by atoms with van der Waals surface area (Å²) < 4.78 is 3.46. The van der Waals surface area contributed by atoms with Crippen molar-refractivity contribution in [3.05, 3.63) is 76.6 Å². The lowest BCUT2D eigenvalue weighted by atomic mass is 10.1. The van der Waals surface area contributed by atoms with Gasteiger partial charge in [0.15, 0.2) is 0 Å². The van der Waals surface area contributed by atoms with Gasteiger partial charge in [-0.1, -0.05) is 69.5 Å². The highest BCUT2D eigenvalue weighted by Crippen LogP contribution is 2.24. The van der Waals surface area contributed by atoms with Gasteiger partial charge in [0.25, 0.3) is 0 Å². The summed E-state index contributed by atoms with van der Waals surface area (Å²) in [4.78, 5) is 13.5. The predicted octanol–water partition coefficient (Wildman–Crippen LogP) is 4.81. The smallest absolute Gasteiger partial charge is 0.345 e. The summed E-state index contributed by atoms with van der Waals surface area (Å²) in [6.45, 7) is 4.25. The number of hydrogen-bond donors (Lipinski definition) is 0. The molecule has 0 fully saturated rings. The maximum atomic E-state index is 13.5. The molecule has 158 valence electrons. The number of rotatable bonds is 10. The van der Waals surface area contributed by atoms with Crippen LogP contribution in [0.25, 0.3) is 11.4 Å². The Hall–Kier alpha value is -2.53. The lowest BCUT2D eigenvalue weighted by molar-refractivity contribution is -0.690. The van der Waals surface area contributed by atoms with Gasteiger partial charge in [0.1, 0.15) is 11.4 Å². The van der Waals surface area contributed by atoms with Crippen molar-refractivity contribution in [3.8, 4) is 17.3 Å². The number of unbranched alkanes of at least 4 members (excludes halogenated alkanes) is 3. The molecule has 4 nitrogen and oxygen atoms in total. The summed E-state index contributed by atoms with van der Waals surface area (Å²) in [5.41, 5.74) is 1.76. The van der Waals surface area contributed by atoms with Crippen molar-refractivity contribution in [2.45, 2.75) is 57.5 Å². The van der Waals surface area contributed by atoms with E-state index in [1.807, 2.05) is 60.7 Å². The largest absolute Gasteiger partial charge is 0.842 e. The third-order valence-corrected chi connectivity index (χ3v) is 6.21. The number of hydrogen-bond acceptors (Lipinski definition) is 3. The van der Waals surface area contributed by atoms with Crippen LogP contribution < -0.4 is 15.2 Å². The van der Waals surface area contributed by atoms with Gasteiger partial charge >= 0.3 is 10.7 Å². The third-order valence-electron chi connectivity index (χ3n) is 5.09. The molecule has 2 aromatic carbocycles. The molecule has 0 saturated carbocycles. The van der Waals surface area contributed by atoms with Crippen molar-refractivity contribution in [2.75, 3.05) is 5.75 Å². The van der Waals surface area contributed by atoms with Crippen LogP contribution in [0.2, 0.25) is 0 Å². The van der Waals surface area contributed by atoms with E-state index in [1.165, 1.54) is 0 Å². The van der Waals surface area contributed by atoms with E-state index in [1.54, 1.807) is 20.9 Å². The molecule has 0 atom stereocenters. The van der Waals surface area contributed by atoms with Gasteiger partial charge in [-0.05, 0) is 55.3 Å². The van der Waals surface area contributed by atoms with Crippen LogP contribution in [0, 0.1) is 0 Å². The molecule has 0 N–H and O–H groups in total.